The van der Waals surface area contributed by atoms with Gasteiger partial charge in [0.2, 0.25) is 0 Å². The number of hydrogen-bond acceptors (Lipinski definition) is 4. The van der Waals surface area contributed by atoms with Crippen molar-refractivity contribution in [3.05, 3.63) is 0 Å². The summed E-state index contributed by atoms with van der Waals surface area (Å²) in [5, 5.41) is 10.1. The van der Waals surface area contributed by atoms with E-state index in [0.717, 1.165) is 25.8 Å². The van der Waals surface area contributed by atoms with Gasteiger partial charge in [0.05, 0.1) is 12.7 Å². The second-order valence-corrected chi connectivity index (χ2v) is 4.86. The van der Waals surface area contributed by atoms with Gasteiger partial charge in [0, 0.05) is 6.54 Å². The van der Waals surface area contributed by atoms with E-state index >= 15 is 0 Å². The number of piperidine rings is 1. The highest BCUT2D eigenvalue weighted by molar-refractivity contribution is 5.75. The number of esters is 1. The van der Waals surface area contributed by atoms with Crippen LogP contribution in [0.15, 0.2) is 0 Å². The Balaban J connectivity index is 2.63. The second kappa shape index (κ2) is 5.64. The highest BCUT2D eigenvalue weighted by Crippen LogP contribution is 2.21. The molecular weight excluding hydrogens is 206 g/mol. The van der Waals surface area contributed by atoms with Gasteiger partial charge in [0.15, 0.2) is 0 Å². The number of hydrogen-bond donors (Lipinski definition) is 1. The van der Waals surface area contributed by atoms with Crippen LogP contribution in [0, 0.1) is 0 Å². The van der Waals surface area contributed by atoms with Gasteiger partial charge >= 0.3 is 5.97 Å². The van der Waals surface area contributed by atoms with Crippen LogP contribution >= 0.6 is 0 Å². The quantitative estimate of drug-likeness (QED) is 0.735. The van der Waals surface area contributed by atoms with Gasteiger partial charge in [-0.05, 0) is 32.7 Å². The summed E-state index contributed by atoms with van der Waals surface area (Å²) in [7, 11) is 1.42. The molecule has 1 saturated heterocycles. The van der Waals surface area contributed by atoms with Crippen LogP contribution < -0.4 is 0 Å². The Kier molecular flexibility index (Phi) is 4.74. The first-order valence-electron chi connectivity index (χ1n) is 6.04. The molecule has 4 heteroatoms. The molecule has 0 spiro atoms. The smallest absolute Gasteiger partial charge is 0.323 e. The van der Waals surface area contributed by atoms with Gasteiger partial charge in [-0.1, -0.05) is 13.3 Å². The molecule has 0 amide bonds. The second-order valence-electron chi connectivity index (χ2n) is 4.86. The zero-order valence-corrected chi connectivity index (χ0v) is 10.5. The molecule has 0 aromatic rings. The Morgan fingerprint density at radius 1 is 1.56 bits per heavy atom. The Hall–Kier alpha value is -0.610. The predicted octanol–water partition coefficient (Wildman–Crippen LogP) is 1.17. The number of aliphatic hydroxyl groups is 1. The van der Waals surface area contributed by atoms with E-state index in [2.05, 4.69) is 4.90 Å². The number of likely N-dealkylation sites (tertiary alicyclic amines) is 1. The molecule has 1 aliphatic heterocycles. The van der Waals surface area contributed by atoms with E-state index in [1.54, 1.807) is 0 Å². The van der Waals surface area contributed by atoms with Gasteiger partial charge in [0.25, 0.3) is 0 Å². The summed E-state index contributed by atoms with van der Waals surface area (Å²) in [4.78, 5) is 13.7. The van der Waals surface area contributed by atoms with Crippen LogP contribution in [0.25, 0.3) is 0 Å². The van der Waals surface area contributed by atoms with Crippen LogP contribution in [0.5, 0.6) is 0 Å². The van der Waals surface area contributed by atoms with E-state index in [9.17, 15) is 9.90 Å². The van der Waals surface area contributed by atoms with Crippen molar-refractivity contribution in [2.45, 2.75) is 51.2 Å². The van der Waals surface area contributed by atoms with Crippen LogP contribution in [-0.2, 0) is 9.53 Å². The third kappa shape index (κ3) is 3.46. The summed E-state index contributed by atoms with van der Waals surface area (Å²) in [5.74, 6) is -0.174. The van der Waals surface area contributed by atoms with E-state index in [4.69, 9.17) is 4.74 Å². The molecule has 0 radical (unpaired) electrons. The zero-order chi connectivity index (χ0) is 12.2. The Labute approximate surface area is 97.6 Å². The fourth-order valence-corrected chi connectivity index (χ4v) is 2.13. The summed E-state index contributed by atoms with van der Waals surface area (Å²) in [6.45, 7) is 5.19. The number of carbonyl (C=O) groups is 1. The lowest BCUT2D eigenvalue weighted by Gasteiger charge is -2.38. The van der Waals surface area contributed by atoms with Crippen LogP contribution in [0.4, 0.5) is 0 Å². The van der Waals surface area contributed by atoms with Crippen molar-refractivity contribution in [2.24, 2.45) is 0 Å². The van der Waals surface area contributed by atoms with E-state index in [0.29, 0.717) is 13.0 Å². The van der Waals surface area contributed by atoms with E-state index in [1.807, 2.05) is 13.8 Å². The highest BCUT2D eigenvalue weighted by Gasteiger charge is 2.33. The summed E-state index contributed by atoms with van der Waals surface area (Å²) in [6, 6.07) is -0.170. The number of β-amino-alcohol motifs (C(OH)–C–C–N with tert-alkyl or cyclic N) is 1. The maximum absolute atomic E-state index is 11.6. The molecular formula is C12H23NO3. The van der Waals surface area contributed by atoms with Crippen LogP contribution in [0.1, 0.15) is 39.5 Å². The largest absolute Gasteiger partial charge is 0.468 e. The number of carbonyl (C=O) groups excluding carboxylic acids is 1. The van der Waals surface area contributed by atoms with E-state index in [1.165, 1.54) is 7.11 Å². The summed E-state index contributed by atoms with van der Waals surface area (Å²) >= 11 is 0. The Bertz CT molecular complexity index is 240. The molecule has 1 fully saturated rings. The SMILES string of the molecule is CCC(C)(O)CN1CCCC[C@@H]1C(=O)OC. The minimum atomic E-state index is -0.719. The number of rotatable bonds is 4. The molecule has 2 atom stereocenters. The van der Waals surface area contributed by atoms with Crippen LogP contribution in [0.2, 0.25) is 0 Å². The number of methoxy groups -OCH3 is 1. The monoisotopic (exact) mass is 229 g/mol. The highest BCUT2D eigenvalue weighted by atomic mass is 16.5. The van der Waals surface area contributed by atoms with Gasteiger partial charge < -0.3 is 9.84 Å². The molecule has 0 aromatic carbocycles. The van der Waals surface area contributed by atoms with Crippen molar-refractivity contribution in [2.75, 3.05) is 20.2 Å². The number of ether oxygens (including phenoxy) is 1. The fourth-order valence-electron chi connectivity index (χ4n) is 2.13. The molecule has 1 heterocycles. The maximum Gasteiger partial charge on any atom is 0.323 e. The molecule has 0 aliphatic carbocycles. The molecule has 0 aromatic heterocycles. The molecule has 1 unspecified atom stereocenters. The third-order valence-electron chi connectivity index (χ3n) is 3.39. The normalized spacial score (nSPS) is 26.1. The number of nitrogens with zero attached hydrogens (tertiary/aromatic N) is 1. The molecule has 94 valence electrons. The summed E-state index contributed by atoms with van der Waals surface area (Å²) in [6.07, 6.45) is 3.68. The molecule has 1 rings (SSSR count). The topological polar surface area (TPSA) is 49.8 Å². The Morgan fingerprint density at radius 2 is 2.25 bits per heavy atom. The van der Waals surface area contributed by atoms with Crippen molar-refractivity contribution in [1.29, 1.82) is 0 Å². The van der Waals surface area contributed by atoms with Crippen molar-refractivity contribution >= 4 is 5.97 Å². The maximum atomic E-state index is 11.6. The molecule has 0 saturated carbocycles. The van der Waals surface area contributed by atoms with Gasteiger partial charge in [0.1, 0.15) is 6.04 Å². The van der Waals surface area contributed by atoms with Crippen LogP contribution in [0.3, 0.4) is 0 Å². The fraction of sp³-hybridized carbons (Fsp3) is 0.917. The van der Waals surface area contributed by atoms with Crippen molar-refractivity contribution in [3.8, 4) is 0 Å². The lowest BCUT2D eigenvalue weighted by Crippen LogP contribution is -2.51. The summed E-state index contributed by atoms with van der Waals surface area (Å²) < 4.78 is 4.81. The Morgan fingerprint density at radius 3 is 2.81 bits per heavy atom. The van der Waals surface area contributed by atoms with Crippen molar-refractivity contribution in [1.82, 2.24) is 4.90 Å². The molecule has 1 N–H and O–H groups in total. The predicted molar refractivity (Wildman–Crippen MR) is 62.1 cm³/mol. The zero-order valence-electron chi connectivity index (χ0n) is 10.5. The average Bonchev–Trinajstić information content (AvgIpc) is 2.28. The molecule has 0 bridgehead atoms. The lowest BCUT2D eigenvalue weighted by molar-refractivity contribution is -0.149. The van der Waals surface area contributed by atoms with Gasteiger partial charge in [-0.2, -0.15) is 0 Å². The van der Waals surface area contributed by atoms with Crippen LogP contribution in [-0.4, -0.2) is 47.8 Å². The minimum Gasteiger partial charge on any atom is -0.468 e. The van der Waals surface area contributed by atoms with Gasteiger partial charge in [-0.25, -0.2) is 0 Å². The average molecular weight is 229 g/mol. The first-order chi connectivity index (χ1) is 7.50. The lowest BCUT2D eigenvalue weighted by atomic mass is 9.97. The van der Waals surface area contributed by atoms with Gasteiger partial charge in [-0.3, -0.25) is 9.69 Å². The van der Waals surface area contributed by atoms with E-state index < -0.39 is 5.60 Å². The minimum absolute atomic E-state index is 0.170. The molecule has 16 heavy (non-hydrogen) atoms. The molecule has 1 aliphatic rings. The van der Waals surface area contributed by atoms with Crippen molar-refractivity contribution < 1.29 is 14.6 Å². The standard InChI is InChI=1S/C12H23NO3/c1-4-12(2,15)9-13-8-6-5-7-10(13)11(14)16-3/h10,15H,4-9H2,1-3H3/t10-,12?/m1/s1. The van der Waals surface area contributed by atoms with E-state index in [-0.39, 0.29) is 12.0 Å². The third-order valence-corrected chi connectivity index (χ3v) is 3.39. The first-order valence-corrected chi connectivity index (χ1v) is 6.04. The van der Waals surface area contributed by atoms with Gasteiger partial charge in [-0.15, -0.1) is 0 Å². The summed E-state index contributed by atoms with van der Waals surface area (Å²) in [5.41, 5.74) is -0.719. The molecule has 4 nitrogen and oxygen atoms in total. The van der Waals surface area contributed by atoms with Crippen molar-refractivity contribution in [3.63, 3.8) is 0 Å². The first kappa shape index (κ1) is 13.5.